The standard InChI is InChI=1S/C22H24F3N3O/c23-22(24,25)20-10-9-18(14-26-20)16-5-7-17(8-6-16)21(29)28-13-3-4-19(28)15-27-11-1-2-12-27/h5-10,14,19H,1-4,11-13,15H2. The first-order chi connectivity index (χ1) is 13.9. The minimum Gasteiger partial charge on any atom is -0.334 e. The van der Waals surface area contributed by atoms with E-state index in [-0.39, 0.29) is 11.9 Å². The van der Waals surface area contributed by atoms with Crippen molar-refractivity contribution in [1.82, 2.24) is 14.8 Å². The van der Waals surface area contributed by atoms with Crippen LogP contribution in [0.25, 0.3) is 11.1 Å². The van der Waals surface area contributed by atoms with Crippen LogP contribution in [0.1, 0.15) is 41.7 Å². The van der Waals surface area contributed by atoms with Gasteiger partial charge in [-0.2, -0.15) is 13.2 Å². The van der Waals surface area contributed by atoms with E-state index in [1.54, 1.807) is 24.3 Å². The van der Waals surface area contributed by atoms with E-state index in [9.17, 15) is 18.0 Å². The van der Waals surface area contributed by atoms with Gasteiger partial charge in [-0.05, 0) is 62.5 Å². The zero-order chi connectivity index (χ0) is 20.4. The summed E-state index contributed by atoms with van der Waals surface area (Å²) in [5, 5.41) is 0. The van der Waals surface area contributed by atoms with Crippen LogP contribution in [-0.2, 0) is 6.18 Å². The van der Waals surface area contributed by atoms with Crippen molar-refractivity contribution in [3.8, 4) is 11.1 Å². The molecule has 2 aromatic rings. The third kappa shape index (κ3) is 4.45. The number of carbonyl (C=O) groups excluding carboxylic acids is 1. The molecule has 0 spiro atoms. The molecule has 2 aliphatic rings. The fraction of sp³-hybridized carbons (Fsp3) is 0.455. The van der Waals surface area contributed by atoms with E-state index < -0.39 is 11.9 Å². The summed E-state index contributed by atoms with van der Waals surface area (Å²) in [4.78, 5) is 20.9. The lowest BCUT2D eigenvalue weighted by molar-refractivity contribution is -0.141. The second-order valence-electron chi connectivity index (χ2n) is 7.81. The highest BCUT2D eigenvalue weighted by Gasteiger charge is 2.32. The molecule has 3 heterocycles. The van der Waals surface area contributed by atoms with Crippen LogP contribution in [0, 0.1) is 0 Å². The minimum atomic E-state index is -4.45. The molecule has 29 heavy (non-hydrogen) atoms. The summed E-state index contributed by atoms with van der Waals surface area (Å²) in [7, 11) is 0. The Kier molecular flexibility index (Phi) is 5.58. The zero-order valence-electron chi connectivity index (χ0n) is 16.2. The number of amides is 1. The number of carbonyl (C=O) groups is 1. The largest absolute Gasteiger partial charge is 0.433 e. The molecule has 0 aliphatic carbocycles. The fourth-order valence-corrected chi connectivity index (χ4v) is 4.26. The van der Waals surface area contributed by atoms with E-state index in [2.05, 4.69) is 9.88 Å². The molecule has 0 bridgehead atoms. The van der Waals surface area contributed by atoms with E-state index in [0.717, 1.165) is 50.7 Å². The summed E-state index contributed by atoms with van der Waals surface area (Å²) < 4.78 is 38.0. The number of hydrogen-bond donors (Lipinski definition) is 0. The number of halogens is 3. The Morgan fingerprint density at radius 1 is 0.966 bits per heavy atom. The molecule has 1 amide bonds. The van der Waals surface area contributed by atoms with Gasteiger partial charge in [-0.15, -0.1) is 0 Å². The van der Waals surface area contributed by atoms with Crippen molar-refractivity contribution in [3.63, 3.8) is 0 Å². The summed E-state index contributed by atoms with van der Waals surface area (Å²) in [5.41, 5.74) is 1.02. The molecular weight excluding hydrogens is 379 g/mol. The molecule has 4 nitrogen and oxygen atoms in total. The first-order valence-corrected chi connectivity index (χ1v) is 10.1. The van der Waals surface area contributed by atoms with Crippen molar-refractivity contribution < 1.29 is 18.0 Å². The van der Waals surface area contributed by atoms with E-state index in [1.165, 1.54) is 25.1 Å². The number of rotatable bonds is 4. The Morgan fingerprint density at radius 3 is 2.28 bits per heavy atom. The van der Waals surface area contributed by atoms with Crippen molar-refractivity contribution >= 4 is 5.91 Å². The predicted octanol–water partition coefficient (Wildman–Crippen LogP) is 4.47. The van der Waals surface area contributed by atoms with Gasteiger partial charge in [0.15, 0.2) is 0 Å². The topological polar surface area (TPSA) is 36.4 Å². The molecule has 4 rings (SSSR count). The predicted molar refractivity (Wildman–Crippen MR) is 104 cm³/mol. The van der Waals surface area contributed by atoms with Gasteiger partial charge in [0, 0.05) is 36.5 Å². The van der Waals surface area contributed by atoms with Crippen LogP contribution in [0.15, 0.2) is 42.6 Å². The van der Waals surface area contributed by atoms with Crippen LogP contribution < -0.4 is 0 Å². The van der Waals surface area contributed by atoms with Gasteiger partial charge in [0.1, 0.15) is 5.69 Å². The highest BCUT2D eigenvalue weighted by molar-refractivity contribution is 5.95. The van der Waals surface area contributed by atoms with Crippen molar-refractivity contribution in [2.24, 2.45) is 0 Å². The van der Waals surface area contributed by atoms with Crippen molar-refractivity contribution in [3.05, 3.63) is 53.9 Å². The van der Waals surface area contributed by atoms with Crippen LogP contribution in [-0.4, -0.2) is 52.9 Å². The number of benzene rings is 1. The molecule has 0 saturated carbocycles. The molecule has 1 atom stereocenters. The van der Waals surface area contributed by atoms with Crippen LogP contribution in [0.3, 0.4) is 0 Å². The third-order valence-corrected chi connectivity index (χ3v) is 5.82. The van der Waals surface area contributed by atoms with Gasteiger partial charge in [-0.1, -0.05) is 18.2 Å². The van der Waals surface area contributed by atoms with E-state index in [0.29, 0.717) is 11.1 Å². The van der Waals surface area contributed by atoms with Crippen molar-refractivity contribution in [1.29, 1.82) is 0 Å². The third-order valence-electron chi connectivity index (χ3n) is 5.82. The van der Waals surface area contributed by atoms with Crippen LogP contribution >= 0.6 is 0 Å². The first-order valence-electron chi connectivity index (χ1n) is 10.1. The summed E-state index contributed by atoms with van der Waals surface area (Å²) in [6.07, 6.45) is 1.31. The highest BCUT2D eigenvalue weighted by Crippen LogP contribution is 2.29. The molecule has 2 fully saturated rings. The number of nitrogens with zero attached hydrogens (tertiary/aromatic N) is 3. The van der Waals surface area contributed by atoms with Crippen molar-refractivity contribution in [2.45, 2.75) is 37.9 Å². The molecule has 1 aromatic heterocycles. The van der Waals surface area contributed by atoms with E-state index >= 15 is 0 Å². The molecular formula is C22H24F3N3O. The zero-order valence-corrected chi connectivity index (χ0v) is 16.2. The maximum atomic E-state index is 13.0. The minimum absolute atomic E-state index is 0.0313. The highest BCUT2D eigenvalue weighted by atomic mass is 19.4. The lowest BCUT2D eigenvalue weighted by Gasteiger charge is -2.28. The second kappa shape index (κ2) is 8.14. The summed E-state index contributed by atoms with van der Waals surface area (Å²) in [5.74, 6) is 0.0313. The number of alkyl halides is 3. The summed E-state index contributed by atoms with van der Waals surface area (Å²) >= 11 is 0. The fourth-order valence-electron chi connectivity index (χ4n) is 4.26. The second-order valence-corrected chi connectivity index (χ2v) is 7.81. The van der Waals surface area contributed by atoms with Crippen LogP contribution in [0.2, 0.25) is 0 Å². The Bertz CT molecular complexity index is 843. The molecule has 7 heteroatoms. The average molecular weight is 403 g/mol. The number of pyridine rings is 1. The van der Waals surface area contributed by atoms with Crippen LogP contribution in [0.5, 0.6) is 0 Å². The Hall–Kier alpha value is -2.41. The van der Waals surface area contributed by atoms with Gasteiger partial charge in [0.05, 0.1) is 0 Å². The first kappa shape index (κ1) is 19.9. The van der Waals surface area contributed by atoms with Gasteiger partial charge >= 0.3 is 6.18 Å². The molecule has 2 aliphatic heterocycles. The average Bonchev–Trinajstić information content (AvgIpc) is 3.39. The molecule has 2 saturated heterocycles. The molecule has 1 unspecified atom stereocenters. The number of aromatic nitrogens is 1. The van der Waals surface area contributed by atoms with E-state index in [4.69, 9.17) is 0 Å². The van der Waals surface area contributed by atoms with Gasteiger partial charge in [-0.3, -0.25) is 9.78 Å². The Balaban J connectivity index is 1.45. The smallest absolute Gasteiger partial charge is 0.334 e. The molecule has 1 aromatic carbocycles. The molecule has 0 N–H and O–H groups in total. The summed E-state index contributed by atoms with van der Waals surface area (Å²) in [6, 6.07) is 9.67. The Labute approximate surface area is 168 Å². The summed E-state index contributed by atoms with van der Waals surface area (Å²) in [6.45, 7) is 3.96. The van der Waals surface area contributed by atoms with Gasteiger partial charge < -0.3 is 9.80 Å². The Morgan fingerprint density at radius 2 is 1.66 bits per heavy atom. The van der Waals surface area contributed by atoms with E-state index in [1.807, 2.05) is 4.90 Å². The SMILES string of the molecule is O=C(c1ccc(-c2ccc(C(F)(F)F)nc2)cc1)N1CCCC1CN1CCCC1. The lowest BCUT2D eigenvalue weighted by atomic mass is 10.0. The number of likely N-dealkylation sites (tertiary alicyclic amines) is 2. The maximum absolute atomic E-state index is 13.0. The van der Waals surface area contributed by atoms with Gasteiger partial charge in [0.25, 0.3) is 5.91 Å². The lowest BCUT2D eigenvalue weighted by Crippen LogP contribution is -2.42. The van der Waals surface area contributed by atoms with Crippen molar-refractivity contribution in [2.75, 3.05) is 26.2 Å². The normalized spacial score (nSPS) is 20.4. The number of hydrogen-bond acceptors (Lipinski definition) is 3. The molecule has 0 radical (unpaired) electrons. The maximum Gasteiger partial charge on any atom is 0.433 e. The van der Waals surface area contributed by atoms with Crippen LogP contribution in [0.4, 0.5) is 13.2 Å². The van der Waals surface area contributed by atoms with Gasteiger partial charge in [-0.25, -0.2) is 0 Å². The molecule has 154 valence electrons. The monoisotopic (exact) mass is 403 g/mol. The van der Waals surface area contributed by atoms with Gasteiger partial charge in [0.2, 0.25) is 0 Å². The quantitative estimate of drug-likeness (QED) is 0.756.